The van der Waals surface area contributed by atoms with Gasteiger partial charge in [-0.05, 0) is 43.0 Å². The van der Waals surface area contributed by atoms with Crippen molar-refractivity contribution in [1.29, 1.82) is 0 Å². The van der Waals surface area contributed by atoms with Gasteiger partial charge in [0.2, 0.25) is 0 Å². The molecule has 18 heavy (non-hydrogen) atoms. The SMILES string of the molecule is CCC1OCCC1C(=O)Cc1cc(F)ccc1C. The molecule has 1 aromatic rings. The van der Waals surface area contributed by atoms with Crippen LogP contribution in [-0.4, -0.2) is 18.5 Å². The van der Waals surface area contributed by atoms with Crippen molar-refractivity contribution in [3.63, 3.8) is 0 Å². The van der Waals surface area contributed by atoms with E-state index in [4.69, 9.17) is 4.74 Å². The maximum absolute atomic E-state index is 13.2. The molecule has 0 radical (unpaired) electrons. The summed E-state index contributed by atoms with van der Waals surface area (Å²) in [4.78, 5) is 12.2. The van der Waals surface area contributed by atoms with E-state index in [-0.39, 0.29) is 23.6 Å². The number of ether oxygens (including phenoxy) is 1. The van der Waals surface area contributed by atoms with Crippen molar-refractivity contribution in [1.82, 2.24) is 0 Å². The van der Waals surface area contributed by atoms with Crippen LogP contribution in [0.15, 0.2) is 18.2 Å². The van der Waals surface area contributed by atoms with Gasteiger partial charge in [0, 0.05) is 18.9 Å². The molecule has 1 heterocycles. The van der Waals surface area contributed by atoms with Crippen LogP contribution < -0.4 is 0 Å². The summed E-state index contributed by atoms with van der Waals surface area (Å²) >= 11 is 0. The second-order valence-electron chi connectivity index (χ2n) is 4.93. The number of carbonyl (C=O) groups is 1. The summed E-state index contributed by atoms with van der Waals surface area (Å²) in [6.45, 7) is 4.60. The first-order valence-corrected chi connectivity index (χ1v) is 6.51. The molecule has 0 saturated carbocycles. The van der Waals surface area contributed by atoms with Gasteiger partial charge in [0.15, 0.2) is 0 Å². The Balaban J connectivity index is 2.09. The highest BCUT2D eigenvalue weighted by atomic mass is 19.1. The molecule has 0 amide bonds. The van der Waals surface area contributed by atoms with Crippen molar-refractivity contribution >= 4 is 5.78 Å². The fraction of sp³-hybridized carbons (Fsp3) is 0.533. The molecule has 0 spiro atoms. The van der Waals surface area contributed by atoms with Gasteiger partial charge >= 0.3 is 0 Å². The molecule has 0 aromatic heterocycles. The van der Waals surface area contributed by atoms with Crippen LogP contribution >= 0.6 is 0 Å². The van der Waals surface area contributed by atoms with Crippen molar-refractivity contribution < 1.29 is 13.9 Å². The number of rotatable bonds is 4. The zero-order valence-electron chi connectivity index (χ0n) is 10.9. The average molecular weight is 250 g/mol. The van der Waals surface area contributed by atoms with E-state index in [0.717, 1.165) is 24.0 Å². The molecule has 0 aliphatic carbocycles. The lowest BCUT2D eigenvalue weighted by atomic mass is 9.90. The summed E-state index contributed by atoms with van der Waals surface area (Å²) < 4.78 is 18.7. The highest BCUT2D eigenvalue weighted by Gasteiger charge is 2.32. The second-order valence-corrected chi connectivity index (χ2v) is 4.93. The molecule has 2 rings (SSSR count). The second kappa shape index (κ2) is 5.61. The number of benzene rings is 1. The highest BCUT2D eigenvalue weighted by molar-refractivity contribution is 5.84. The first-order valence-electron chi connectivity index (χ1n) is 6.51. The van der Waals surface area contributed by atoms with Gasteiger partial charge in [-0.15, -0.1) is 0 Å². The molecule has 1 saturated heterocycles. The largest absolute Gasteiger partial charge is 0.377 e. The average Bonchev–Trinajstić information content (AvgIpc) is 2.82. The smallest absolute Gasteiger partial charge is 0.143 e. The maximum atomic E-state index is 13.2. The van der Waals surface area contributed by atoms with Crippen LogP contribution in [0.2, 0.25) is 0 Å². The molecule has 1 aliphatic rings. The molecule has 0 bridgehead atoms. The van der Waals surface area contributed by atoms with E-state index >= 15 is 0 Å². The lowest BCUT2D eigenvalue weighted by molar-refractivity contribution is -0.123. The molecule has 2 atom stereocenters. The van der Waals surface area contributed by atoms with Crippen LogP contribution in [0.4, 0.5) is 4.39 Å². The molecule has 98 valence electrons. The summed E-state index contributed by atoms with van der Waals surface area (Å²) in [7, 11) is 0. The zero-order chi connectivity index (χ0) is 13.1. The maximum Gasteiger partial charge on any atom is 0.143 e. The minimum absolute atomic E-state index is 0.0160. The molecule has 1 aliphatic heterocycles. The van der Waals surface area contributed by atoms with Gasteiger partial charge in [0.25, 0.3) is 0 Å². The van der Waals surface area contributed by atoms with Gasteiger partial charge in [-0.2, -0.15) is 0 Å². The van der Waals surface area contributed by atoms with E-state index < -0.39 is 0 Å². The summed E-state index contributed by atoms with van der Waals surface area (Å²) in [5.74, 6) is -0.121. The van der Waals surface area contributed by atoms with Crippen LogP contribution in [0.25, 0.3) is 0 Å². The van der Waals surface area contributed by atoms with Crippen LogP contribution in [0.3, 0.4) is 0 Å². The van der Waals surface area contributed by atoms with Crippen molar-refractivity contribution in [2.75, 3.05) is 6.61 Å². The predicted octanol–water partition coefficient (Wildman–Crippen LogP) is 3.06. The van der Waals surface area contributed by atoms with Crippen molar-refractivity contribution in [3.8, 4) is 0 Å². The quantitative estimate of drug-likeness (QED) is 0.821. The Bertz CT molecular complexity index is 442. The van der Waals surface area contributed by atoms with Crippen molar-refractivity contribution in [2.45, 2.75) is 39.2 Å². The summed E-state index contributed by atoms with van der Waals surface area (Å²) in [6.07, 6.45) is 2.02. The van der Waals surface area contributed by atoms with Gasteiger partial charge in [0.05, 0.1) is 6.10 Å². The standard InChI is InChI=1S/C15H19FO2/c1-3-15-13(6-7-18-15)14(17)9-11-8-12(16)5-4-10(11)2/h4-5,8,13,15H,3,6-7,9H2,1-2H3. The van der Waals surface area contributed by atoms with Gasteiger partial charge in [-0.1, -0.05) is 13.0 Å². The number of Topliss-reactive ketones (excluding diaryl/α,β-unsaturated/α-hetero) is 1. The van der Waals surface area contributed by atoms with Crippen molar-refractivity contribution in [2.24, 2.45) is 5.92 Å². The van der Waals surface area contributed by atoms with E-state index in [9.17, 15) is 9.18 Å². The zero-order valence-corrected chi connectivity index (χ0v) is 10.9. The molecule has 1 fully saturated rings. The number of ketones is 1. The number of aryl methyl sites for hydroxylation is 1. The third-order valence-corrected chi connectivity index (χ3v) is 3.70. The Morgan fingerprint density at radius 3 is 3.00 bits per heavy atom. The first-order chi connectivity index (χ1) is 8.61. The Morgan fingerprint density at radius 2 is 2.28 bits per heavy atom. The van der Waals surface area contributed by atoms with E-state index in [2.05, 4.69) is 0 Å². The molecule has 1 aromatic carbocycles. The predicted molar refractivity (Wildman–Crippen MR) is 68.0 cm³/mol. The number of halogens is 1. The van der Waals surface area contributed by atoms with Crippen LogP contribution in [0.5, 0.6) is 0 Å². The van der Waals surface area contributed by atoms with Gasteiger partial charge in [-0.3, -0.25) is 4.79 Å². The fourth-order valence-electron chi connectivity index (χ4n) is 2.57. The van der Waals surface area contributed by atoms with E-state index in [1.54, 1.807) is 6.07 Å². The van der Waals surface area contributed by atoms with Crippen LogP contribution in [-0.2, 0) is 16.0 Å². The van der Waals surface area contributed by atoms with Gasteiger partial charge in [0.1, 0.15) is 11.6 Å². The molecule has 2 unspecified atom stereocenters. The number of hydrogen-bond acceptors (Lipinski definition) is 2. The van der Waals surface area contributed by atoms with E-state index in [1.165, 1.54) is 12.1 Å². The minimum atomic E-state index is -0.280. The Labute approximate surface area is 107 Å². The Hall–Kier alpha value is -1.22. The number of hydrogen-bond donors (Lipinski definition) is 0. The molecule has 2 nitrogen and oxygen atoms in total. The van der Waals surface area contributed by atoms with Gasteiger partial charge in [-0.25, -0.2) is 4.39 Å². The van der Waals surface area contributed by atoms with Gasteiger partial charge < -0.3 is 4.74 Å². The van der Waals surface area contributed by atoms with Crippen LogP contribution in [0, 0.1) is 18.7 Å². The Kier molecular flexibility index (Phi) is 4.12. The first kappa shape index (κ1) is 13.2. The normalized spacial score (nSPS) is 23.3. The molecular weight excluding hydrogens is 231 g/mol. The third-order valence-electron chi connectivity index (χ3n) is 3.70. The lowest BCUT2D eigenvalue weighted by Gasteiger charge is -2.16. The van der Waals surface area contributed by atoms with Crippen molar-refractivity contribution in [3.05, 3.63) is 35.1 Å². The molecular formula is C15H19FO2. The lowest BCUT2D eigenvalue weighted by Crippen LogP contribution is -2.25. The van der Waals surface area contributed by atoms with E-state index in [0.29, 0.717) is 13.0 Å². The summed E-state index contributed by atoms with van der Waals surface area (Å²) in [5.41, 5.74) is 1.76. The Morgan fingerprint density at radius 1 is 1.50 bits per heavy atom. The number of carbonyl (C=O) groups excluding carboxylic acids is 1. The monoisotopic (exact) mass is 250 g/mol. The third kappa shape index (κ3) is 2.78. The van der Waals surface area contributed by atoms with E-state index in [1.807, 2.05) is 13.8 Å². The van der Waals surface area contributed by atoms with Crippen LogP contribution in [0.1, 0.15) is 30.9 Å². The summed E-state index contributed by atoms with van der Waals surface area (Å²) in [5, 5.41) is 0. The fourth-order valence-corrected chi connectivity index (χ4v) is 2.57. The molecule has 0 N–H and O–H groups in total. The summed E-state index contributed by atoms with van der Waals surface area (Å²) in [6, 6.07) is 4.61. The molecule has 3 heteroatoms. The topological polar surface area (TPSA) is 26.3 Å². The minimum Gasteiger partial charge on any atom is -0.377 e. The highest BCUT2D eigenvalue weighted by Crippen LogP contribution is 2.26.